The van der Waals surface area contributed by atoms with Crippen LogP contribution in [0.15, 0.2) is 42.6 Å². The Morgan fingerprint density at radius 3 is 2.42 bits per heavy atom. The van der Waals surface area contributed by atoms with Crippen molar-refractivity contribution in [2.24, 2.45) is 14.1 Å². The Morgan fingerprint density at radius 1 is 1.04 bits per heavy atom. The summed E-state index contributed by atoms with van der Waals surface area (Å²) in [4.78, 5) is 33.0. The number of halogens is 2. The summed E-state index contributed by atoms with van der Waals surface area (Å²) >= 11 is 13.4. The van der Waals surface area contributed by atoms with Gasteiger partial charge in [-0.15, -0.1) is 0 Å². The zero-order chi connectivity index (χ0) is 35.8. The van der Waals surface area contributed by atoms with Crippen molar-refractivity contribution in [1.29, 1.82) is 0 Å². The van der Waals surface area contributed by atoms with E-state index in [2.05, 4.69) is 16.5 Å². The molecule has 2 aromatic carbocycles. The van der Waals surface area contributed by atoms with Crippen LogP contribution in [-0.2, 0) is 20.5 Å². The second-order valence-electron chi connectivity index (χ2n) is 13.3. The highest BCUT2D eigenvalue weighted by molar-refractivity contribution is 6.35. The Labute approximate surface area is 299 Å². The zero-order valence-corrected chi connectivity index (χ0v) is 30.6. The molecular weight excluding hydrogens is 675 g/mol. The third kappa shape index (κ3) is 5.32. The number of carboxylic acids is 1. The molecule has 0 saturated heterocycles. The Kier molecular flexibility index (Phi) is 8.43. The fourth-order valence-corrected chi connectivity index (χ4v) is 7.85. The van der Waals surface area contributed by atoms with Crippen molar-refractivity contribution in [2.75, 3.05) is 18.1 Å². The smallest absolute Gasteiger partial charge is 0.354 e. The van der Waals surface area contributed by atoms with Gasteiger partial charge in [0.05, 0.1) is 34.0 Å². The number of carbonyl (C=O) groups is 2. The molecule has 1 atom stereocenters. The van der Waals surface area contributed by atoms with E-state index >= 15 is 0 Å². The molecule has 7 rings (SSSR count). The van der Waals surface area contributed by atoms with E-state index in [-0.39, 0.29) is 17.6 Å². The molecule has 0 unspecified atom stereocenters. The van der Waals surface area contributed by atoms with Crippen LogP contribution in [0.5, 0.6) is 5.75 Å². The van der Waals surface area contributed by atoms with Crippen LogP contribution in [0.4, 0.5) is 5.69 Å². The Bertz CT molecular complexity index is 2360. The fourth-order valence-electron chi connectivity index (χ4n) is 7.49. The predicted octanol–water partition coefficient (Wildman–Crippen LogP) is 8.40. The van der Waals surface area contributed by atoms with Gasteiger partial charge in [0.25, 0.3) is 5.91 Å². The third-order valence-electron chi connectivity index (χ3n) is 9.89. The summed E-state index contributed by atoms with van der Waals surface area (Å²) in [7, 11) is 3.78. The maximum Gasteiger partial charge on any atom is 0.354 e. The molecule has 0 spiro atoms. The molecule has 12 heteroatoms. The van der Waals surface area contributed by atoms with Gasteiger partial charge >= 0.3 is 5.97 Å². The van der Waals surface area contributed by atoms with Gasteiger partial charge in [0, 0.05) is 60.1 Å². The first-order valence-electron chi connectivity index (χ1n) is 16.5. The molecular formula is C38H38Cl2N6O4. The van der Waals surface area contributed by atoms with Crippen LogP contribution >= 0.6 is 23.2 Å². The molecule has 1 aliphatic rings. The Balaban J connectivity index is 1.38. The standard InChI is InChI=1S/C38H38Cl2N6O4/c1-19-15-24(16-20(2)33(19)40)50-14-8-9-25-26-10-11-27(39)32(31-22(4)42-44(7)23(31)5)35(26)46-21(3)17-45(37(47)36(25)46)30-18-43(6)29-13-12-28(38(48)49)41-34(29)30/h10-13,15-16,18,21H,8-9,14,17H2,1-7H3,(H,48,49)/t21-/m1/s1. The van der Waals surface area contributed by atoms with Crippen molar-refractivity contribution >= 4 is 62.7 Å². The lowest BCUT2D eigenvalue weighted by molar-refractivity contribution is 0.0690. The van der Waals surface area contributed by atoms with Gasteiger partial charge in [0.15, 0.2) is 0 Å². The van der Waals surface area contributed by atoms with E-state index in [4.69, 9.17) is 33.0 Å². The average Bonchev–Trinajstić information content (AvgIpc) is 3.67. The van der Waals surface area contributed by atoms with Crippen molar-refractivity contribution < 1.29 is 19.4 Å². The molecule has 6 aromatic rings. The first-order valence-corrected chi connectivity index (χ1v) is 17.3. The van der Waals surface area contributed by atoms with Crippen LogP contribution in [0.3, 0.4) is 0 Å². The first kappa shape index (κ1) is 33.7. The number of hydrogen-bond acceptors (Lipinski definition) is 5. The summed E-state index contributed by atoms with van der Waals surface area (Å²) in [5, 5.41) is 16.7. The number of benzene rings is 2. The minimum absolute atomic E-state index is 0.0789. The molecule has 258 valence electrons. The van der Waals surface area contributed by atoms with Crippen LogP contribution in [0.1, 0.15) is 68.4 Å². The van der Waals surface area contributed by atoms with Gasteiger partial charge in [-0.3, -0.25) is 9.48 Å². The number of hydrogen-bond donors (Lipinski definition) is 1. The number of anilines is 1. The van der Waals surface area contributed by atoms with Gasteiger partial charge in [-0.25, -0.2) is 9.78 Å². The van der Waals surface area contributed by atoms with Gasteiger partial charge in [-0.05, 0) is 94.5 Å². The Morgan fingerprint density at radius 2 is 1.76 bits per heavy atom. The molecule has 1 N–H and O–H groups in total. The number of aromatic carboxylic acids is 1. The molecule has 0 fully saturated rings. The van der Waals surface area contributed by atoms with E-state index in [1.54, 1.807) is 11.0 Å². The van der Waals surface area contributed by atoms with E-state index in [0.717, 1.165) is 66.4 Å². The van der Waals surface area contributed by atoms with E-state index in [1.807, 2.05) is 81.5 Å². The lowest BCUT2D eigenvalue weighted by Crippen LogP contribution is -2.42. The number of amides is 1. The fraction of sp³-hybridized carbons (Fsp3) is 0.316. The van der Waals surface area contributed by atoms with Gasteiger partial charge in [-0.1, -0.05) is 29.3 Å². The quantitative estimate of drug-likeness (QED) is 0.159. The molecule has 4 aromatic heterocycles. The number of aromatic nitrogens is 5. The number of aryl methyl sites for hydroxylation is 6. The monoisotopic (exact) mass is 712 g/mol. The predicted molar refractivity (Wildman–Crippen MR) is 197 cm³/mol. The number of carboxylic acid groups (broad SMARTS) is 1. The van der Waals surface area contributed by atoms with Gasteiger partial charge in [-0.2, -0.15) is 5.10 Å². The largest absolute Gasteiger partial charge is 0.494 e. The van der Waals surface area contributed by atoms with Crippen molar-refractivity contribution in [3.8, 4) is 16.9 Å². The number of ether oxygens (including phenoxy) is 1. The van der Waals surface area contributed by atoms with Crippen molar-refractivity contribution in [2.45, 2.75) is 53.5 Å². The third-order valence-corrected chi connectivity index (χ3v) is 10.8. The molecule has 0 bridgehead atoms. The van der Waals surface area contributed by atoms with Gasteiger partial charge in [0.2, 0.25) is 0 Å². The summed E-state index contributed by atoms with van der Waals surface area (Å²) < 4.78 is 12.1. The molecule has 1 aliphatic heterocycles. The van der Waals surface area contributed by atoms with Crippen LogP contribution < -0.4 is 9.64 Å². The topological polar surface area (TPSA) is 107 Å². The Hall–Kier alpha value is -4.80. The second kappa shape index (κ2) is 12.5. The molecule has 0 saturated carbocycles. The lowest BCUT2D eigenvalue weighted by Gasteiger charge is -2.34. The molecule has 50 heavy (non-hydrogen) atoms. The molecule has 10 nitrogen and oxygen atoms in total. The highest BCUT2D eigenvalue weighted by Crippen LogP contribution is 2.45. The SMILES string of the molecule is Cc1cc(OCCCc2c3n(c4c(-c5c(C)nn(C)c5C)c(Cl)ccc24)[C@H](C)CN(c2cn(C)c4ccc(C(=O)O)nc24)C3=O)cc(C)c1Cl. The number of rotatable bonds is 8. The summed E-state index contributed by atoms with van der Waals surface area (Å²) in [6, 6.07) is 10.8. The molecule has 0 aliphatic carbocycles. The van der Waals surface area contributed by atoms with Crippen molar-refractivity contribution in [3.63, 3.8) is 0 Å². The molecule has 0 radical (unpaired) electrons. The van der Waals surface area contributed by atoms with E-state index in [1.165, 1.54) is 6.07 Å². The maximum atomic E-state index is 14.9. The van der Waals surface area contributed by atoms with E-state index in [9.17, 15) is 14.7 Å². The molecule has 5 heterocycles. The van der Waals surface area contributed by atoms with E-state index in [0.29, 0.717) is 47.9 Å². The van der Waals surface area contributed by atoms with Gasteiger partial charge in [0.1, 0.15) is 22.7 Å². The zero-order valence-electron chi connectivity index (χ0n) is 29.1. The summed E-state index contributed by atoms with van der Waals surface area (Å²) in [5.41, 5.74) is 9.62. The number of pyridine rings is 1. The van der Waals surface area contributed by atoms with Crippen molar-refractivity contribution in [3.05, 3.63) is 92.1 Å². The minimum atomic E-state index is -1.13. The minimum Gasteiger partial charge on any atom is -0.494 e. The highest BCUT2D eigenvalue weighted by Gasteiger charge is 2.38. The number of carbonyl (C=O) groups excluding carboxylic acids is 1. The van der Waals surface area contributed by atoms with Crippen LogP contribution in [0, 0.1) is 27.7 Å². The lowest BCUT2D eigenvalue weighted by atomic mass is 9.98. The second-order valence-corrected chi connectivity index (χ2v) is 14.1. The van der Waals surface area contributed by atoms with Gasteiger partial charge < -0.3 is 23.9 Å². The molecule has 1 amide bonds. The van der Waals surface area contributed by atoms with Crippen LogP contribution in [0.2, 0.25) is 10.0 Å². The maximum absolute atomic E-state index is 14.9. The van der Waals surface area contributed by atoms with Crippen molar-refractivity contribution in [1.82, 2.24) is 23.9 Å². The van der Waals surface area contributed by atoms with Crippen LogP contribution in [-0.4, -0.2) is 54.0 Å². The van der Waals surface area contributed by atoms with Crippen LogP contribution in [0.25, 0.3) is 33.1 Å². The number of fused-ring (bicyclic) bond motifs is 4. The summed E-state index contributed by atoms with van der Waals surface area (Å²) in [6.07, 6.45) is 3.06. The highest BCUT2D eigenvalue weighted by atomic mass is 35.5. The summed E-state index contributed by atoms with van der Waals surface area (Å²) in [5.74, 6) is -0.556. The summed E-state index contributed by atoms with van der Waals surface area (Å²) in [6.45, 7) is 10.8. The van der Waals surface area contributed by atoms with E-state index < -0.39 is 5.97 Å². The number of nitrogens with zero attached hydrogens (tertiary/aromatic N) is 6. The average molecular weight is 714 g/mol. The first-order chi connectivity index (χ1) is 23.8. The normalized spacial score (nSPS) is 14.6.